The van der Waals surface area contributed by atoms with Gasteiger partial charge in [0.25, 0.3) is 0 Å². The van der Waals surface area contributed by atoms with Crippen molar-refractivity contribution in [3.05, 3.63) is 35.4 Å². The Morgan fingerprint density at radius 3 is 2.68 bits per heavy atom. The molecule has 0 radical (unpaired) electrons. The van der Waals surface area contributed by atoms with Crippen molar-refractivity contribution in [1.82, 2.24) is 5.32 Å². The molecule has 1 aromatic rings. The minimum Gasteiger partial charge on any atom is -0.303 e. The van der Waals surface area contributed by atoms with Crippen LogP contribution in [0, 0.1) is 5.92 Å². The molecule has 1 amide bonds. The van der Waals surface area contributed by atoms with E-state index in [9.17, 15) is 4.79 Å². The van der Waals surface area contributed by atoms with Gasteiger partial charge in [-0.3, -0.25) is 4.79 Å². The number of amides is 1. The Balaban J connectivity index is 1.94. The lowest BCUT2D eigenvalue weighted by atomic mass is 10.0. The van der Waals surface area contributed by atoms with Gasteiger partial charge in [0.15, 0.2) is 5.17 Å². The fourth-order valence-electron chi connectivity index (χ4n) is 1.74. The molecule has 4 nitrogen and oxygen atoms in total. The molecule has 1 aliphatic heterocycles. The van der Waals surface area contributed by atoms with Gasteiger partial charge < -0.3 is 5.32 Å². The smallest absolute Gasteiger partial charge is 0.236 e. The quantitative estimate of drug-likeness (QED) is 0.678. The first-order valence-electron chi connectivity index (χ1n) is 6.26. The molecule has 0 aliphatic carbocycles. The van der Waals surface area contributed by atoms with Gasteiger partial charge in [0.2, 0.25) is 5.91 Å². The van der Waals surface area contributed by atoms with Crippen LogP contribution < -0.4 is 5.32 Å². The van der Waals surface area contributed by atoms with Crippen LogP contribution in [0.2, 0.25) is 0 Å². The normalized spacial score (nSPS) is 17.6. The van der Waals surface area contributed by atoms with Crippen LogP contribution in [0.1, 0.15) is 25.0 Å². The van der Waals surface area contributed by atoms with Crippen molar-refractivity contribution in [2.75, 3.05) is 5.75 Å². The SMILES string of the molecule is CC(C)Cc1ccc(C=NN=C2NC(=O)CS2)cc1. The molecule has 1 saturated heterocycles. The number of benzene rings is 1. The van der Waals surface area contributed by atoms with Gasteiger partial charge in [-0.15, -0.1) is 5.10 Å². The zero-order valence-electron chi connectivity index (χ0n) is 11.1. The van der Waals surface area contributed by atoms with Gasteiger partial charge in [-0.05, 0) is 23.5 Å². The number of hydrogen-bond donors (Lipinski definition) is 1. The summed E-state index contributed by atoms with van der Waals surface area (Å²) in [5.74, 6) is 1.07. The molecule has 1 aliphatic rings. The fraction of sp³-hybridized carbons (Fsp3) is 0.357. The maximum absolute atomic E-state index is 10.9. The Hall–Kier alpha value is -1.62. The Labute approximate surface area is 117 Å². The van der Waals surface area contributed by atoms with E-state index in [2.05, 4.69) is 41.5 Å². The van der Waals surface area contributed by atoms with E-state index >= 15 is 0 Å². The average molecular weight is 275 g/mol. The molecule has 0 aromatic heterocycles. The maximum atomic E-state index is 10.9. The second-order valence-corrected chi connectivity index (χ2v) is 5.79. The fourth-order valence-corrected chi connectivity index (χ4v) is 2.37. The molecule has 1 N–H and O–H groups in total. The molecule has 1 heterocycles. The van der Waals surface area contributed by atoms with Crippen molar-refractivity contribution >= 4 is 29.1 Å². The summed E-state index contributed by atoms with van der Waals surface area (Å²) < 4.78 is 0. The largest absolute Gasteiger partial charge is 0.303 e. The molecule has 100 valence electrons. The predicted octanol–water partition coefficient (Wildman–Crippen LogP) is 2.44. The summed E-state index contributed by atoms with van der Waals surface area (Å²) >= 11 is 1.37. The lowest BCUT2D eigenvalue weighted by Gasteiger charge is -2.04. The summed E-state index contributed by atoms with van der Waals surface area (Å²) in [7, 11) is 0. The topological polar surface area (TPSA) is 53.8 Å². The van der Waals surface area contributed by atoms with Crippen molar-refractivity contribution in [3.63, 3.8) is 0 Å². The lowest BCUT2D eigenvalue weighted by molar-refractivity contribution is -0.116. The highest BCUT2D eigenvalue weighted by Crippen LogP contribution is 2.10. The van der Waals surface area contributed by atoms with Crippen molar-refractivity contribution in [2.24, 2.45) is 16.1 Å². The molecular formula is C14H17N3OS. The number of carbonyl (C=O) groups excluding carboxylic acids is 1. The highest BCUT2D eigenvalue weighted by molar-refractivity contribution is 8.15. The molecule has 0 saturated carbocycles. The molecule has 1 fully saturated rings. The van der Waals surface area contributed by atoms with E-state index in [-0.39, 0.29) is 5.91 Å². The lowest BCUT2D eigenvalue weighted by Crippen LogP contribution is -2.19. The van der Waals surface area contributed by atoms with Crippen LogP contribution in [-0.4, -0.2) is 23.0 Å². The third-order valence-corrected chi connectivity index (χ3v) is 3.43. The maximum Gasteiger partial charge on any atom is 0.236 e. The molecule has 0 bridgehead atoms. The number of rotatable bonds is 4. The summed E-state index contributed by atoms with van der Waals surface area (Å²) in [5.41, 5.74) is 2.34. The first kappa shape index (κ1) is 13.8. The molecule has 0 atom stereocenters. The monoisotopic (exact) mass is 275 g/mol. The molecule has 1 aromatic carbocycles. The molecule has 0 unspecified atom stereocenters. The highest BCUT2D eigenvalue weighted by Gasteiger charge is 2.15. The molecular weight excluding hydrogens is 258 g/mol. The van der Waals surface area contributed by atoms with Crippen molar-refractivity contribution in [1.29, 1.82) is 0 Å². The van der Waals surface area contributed by atoms with Crippen molar-refractivity contribution in [3.8, 4) is 0 Å². The van der Waals surface area contributed by atoms with Gasteiger partial charge in [-0.1, -0.05) is 49.9 Å². The molecule has 0 spiro atoms. The van der Waals surface area contributed by atoms with Gasteiger partial charge in [0.1, 0.15) is 0 Å². The second-order valence-electron chi connectivity index (χ2n) is 4.83. The van der Waals surface area contributed by atoms with Crippen molar-refractivity contribution < 1.29 is 4.79 Å². The van der Waals surface area contributed by atoms with E-state index in [0.29, 0.717) is 16.8 Å². The van der Waals surface area contributed by atoms with Crippen LogP contribution in [0.25, 0.3) is 0 Å². The van der Waals surface area contributed by atoms with E-state index in [1.54, 1.807) is 6.21 Å². The number of carbonyl (C=O) groups is 1. The van der Waals surface area contributed by atoms with Crippen LogP contribution in [0.15, 0.2) is 34.5 Å². The summed E-state index contributed by atoms with van der Waals surface area (Å²) in [4.78, 5) is 10.9. The van der Waals surface area contributed by atoms with E-state index in [4.69, 9.17) is 0 Å². The summed E-state index contributed by atoms with van der Waals surface area (Å²) in [6, 6.07) is 8.28. The first-order chi connectivity index (χ1) is 9.13. The van der Waals surface area contributed by atoms with Gasteiger partial charge in [-0.25, -0.2) is 0 Å². The van der Waals surface area contributed by atoms with Crippen LogP contribution in [-0.2, 0) is 11.2 Å². The standard InChI is InChI=1S/C14H17N3OS/c1-10(2)7-11-3-5-12(6-4-11)8-15-17-14-16-13(18)9-19-14/h3-6,8,10H,7,9H2,1-2H3,(H,16,17,18). The number of thioether (sulfide) groups is 1. The third-order valence-electron chi connectivity index (χ3n) is 2.57. The van der Waals surface area contributed by atoms with E-state index < -0.39 is 0 Å². The van der Waals surface area contributed by atoms with Gasteiger partial charge >= 0.3 is 0 Å². The van der Waals surface area contributed by atoms with Crippen LogP contribution in [0.3, 0.4) is 0 Å². The molecule has 19 heavy (non-hydrogen) atoms. The zero-order valence-corrected chi connectivity index (χ0v) is 11.9. The van der Waals surface area contributed by atoms with Crippen LogP contribution in [0.4, 0.5) is 0 Å². The second kappa shape index (κ2) is 6.52. The third kappa shape index (κ3) is 4.52. The van der Waals surface area contributed by atoms with E-state index in [1.165, 1.54) is 17.3 Å². The van der Waals surface area contributed by atoms with E-state index in [0.717, 1.165) is 12.0 Å². The van der Waals surface area contributed by atoms with Crippen LogP contribution >= 0.6 is 11.8 Å². The number of nitrogens with one attached hydrogen (secondary N) is 1. The number of amidine groups is 1. The molecule has 2 rings (SSSR count). The van der Waals surface area contributed by atoms with Gasteiger partial charge in [0.05, 0.1) is 12.0 Å². The summed E-state index contributed by atoms with van der Waals surface area (Å²) in [6.45, 7) is 4.41. The summed E-state index contributed by atoms with van der Waals surface area (Å²) in [6.07, 6.45) is 2.78. The number of nitrogens with zero attached hydrogens (tertiary/aromatic N) is 2. The first-order valence-corrected chi connectivity index (χ1v) is 7.24. The minimum absolute atomic E-state index is 0.0167. The minimum atomic E-state index is -0.0167. The van der Waals surface area contributed by atoms with Gasteiger partial charge in [0, 0.05) is 0 Å². The predicted molar refractivity (Wildman–Crippen MR) is 80.6 cm³/mol. The zero-order chi connectivity index (χ0) is 13.7. The Morgan fingerprint density at radius 2 is 2.11 bits per heavy atom. The van der Waals surface area contributed by atoms with Crippen LogP contribution in [0.5, 0.6) is 0 Å². The van der Waals surface area contributed by atoms with E-state index in [1.807, 2.05) is 12.1 Å². The Morgan fingerprint density at radius 1 is 1.37 bits per heavy atom. The number of hydrogen-bond acceptors (Lipinski definition) is 4. The van der Waals surface area contributed by atoms with Crippen molar-refractivity contribution in [2.45, 2.75) is 20.3 Å². The summed E-state index contributed by atoms with van der Waals surface area (Å²) in [5, 5.41) is 11.1. The Bertz CT molecular complexity index is 506. The highest BCUT2D eigenvalue weighted by atomic mass is 32.2. The molecule has 5 heteroatoms. The Kier molecular flexibility index (Phi) is 4.74. The average Bonchev–Trinajstić information content (AvgIpc) is 2.77. The van der Waals surface area contributed by atoms with Gasteiger partial charge in [-0.2, -0.15) is 5.10 Å².